The number of fused-ring (bicyclic) bond motifs is 1. The van der Waals surface area contributed by atoms with Gasteiger partial charge in [0.1, 0.15) is 11.3 Å². The summed E-state index contributed by atoms with van der Waals surface area (Å²) < 4.78 is 40.1. The summed E-state index contributed by atoms with van der Waals surface area (Å²) >= 11 is 1.49. The van der Waals surface area contributed by atoms with E-state index >= 15 is 0 Å². The van der Waals surface area contributed by atoms with Crippen molar-refractivity contribution in [1.82, 2.24) is 14.7 Å². The number of imidazole rings is 1. The number of nitrogens with one attached hydrogen (secondary N) is 1. The fraction of sp³-hybridized carbons (Fsp3) is 0.333. The molecule has 2 aromatic rings. The first-order chi connectivity index (χ1) is 9.45. The first kappa shape index (κ1) is 14.7. The minimum atomic E-state index is -4.67. The van der Waals surface area contributed by atoms with Crippen LogP contribution in [-0.4, -0.2) is 33.8 Å². The molecule has 0 saturated heterocycles. The topological polar surface area (TPSA) is 46.4 Å². The van der Waals surface area contributed by atoms with Crippen molar-refractivity contribution in [3.63, 3.8) is 0 Å². The maximum Gasteiger partial charge on any atom is 0.435 e. The standard InChI is InChI=1S/C12H12F3N3OS/c1-20-7-5-16-11(19)9-10(12(13,14)15)17-8-4-2-3-6-18(8)9/h2-4,6H,5,7H2,1H3,(H,16,19). The van der Waals surface area contributed by atoms with Gasteiger partial charge in [0.2, 0.25) is 0 Å². The van der Waals surface area contributed by atoms with Gasteiger partial charge in [0.25, 0.3) is 5.91 Å². The molecule has 0 saturated carbocycles. The molecule has 108 valence electrons. The SMILES string of the molecule is CSCCNC(=O)c1c(C(F)(F)F)nc2ccccn12. The van der Waals surface area contributed by atoms with Crippen molar-refractivity contribution in [2.45, 2.75) is 6.18 Å². The van der Waals surface area contributed by atoms with Crippen molar-refractivity contribution < 1.29 is 18.0 Å². The van der Waals surface area contributed by atoms with Crippen LogP contribution >= 0.6 is 11.8 Å². The summed E-state index contributed by atoms with van der Waals surface area (Å²) in [5.74, 6) is -0.144. The monoisotopic (exact) mass is 303 g/mol. The van der Waals surface area contributed by atoms with Gasteiger partial charge in [0, 0.05) is 18.5 Å². The Morgan fingerprint density at radius 1 is 1.45 bits per heavy atom. The summed E-state index contributed by atoms with van der Waals surface area (Å²) in [7, 11) is 0. The van der Waals surface area contributed by atoms with Gasteiger partial charge >= 0.3 is 6.18 Å². The van der Waals surface area contributed by atoms with Crippen LogP contribution in [0.3, 0.4) is 0 Å². The molecule has 0 radical (unpaired) electrons. The fourth-order valence-electron chi connectivity index (χ4n) is 1.76. The zero-order valence-electron chi connectivity index (χ0n) is 10.6. The summed E-state index contributed by atoms with van der Waals surface area (Å²) in [5.41, 5.74) is -1.55. The molecule has 0 unspecified atom stereocenters. The summed E-state index contributed by atoms with van der Waals surface area (Å²) in [6, 6.07) is 4.54. The van der Waals surface area contributed by atoms with Gasteiger partial charge in [-0.1, -0.05) is 6.07 Å². The Bertz CT molecular complexity index is 624. The van der Waals surface area contributed by atoms with E-state index in [9.17, 15) is 18.0 Å². The minimum Gasteiger partial charge on any atom is -0.350 e. The van der Waals surface area contributed by atoms with E-state index in [0.717, 1.165) is 4.40 Å². The zero-order valence-corrected chi connectivity index (χ0v) is 11.4. The first-order valence-corrected chi connectivity index (χ1v) is 7.16. The molecule has 0 aromatic carbocycles. The number of carbonyl (C=O) groups is 1. The predicted octanol–water partition coefficient (Wildman–Crippen LogP) is 2.45. The molecule has 2 aromatic heterocycles. The van der Waals surface area contributed by atoms with Crippen LogP contribution in [0, 0.1) is 0 Å². The van der Waals surface area contributed by atoms with Gasteiger partial charge < -0.3 is 5.32 Å². The Morgan fingerprint density at radius 3 is 2.85 bits per heavy atom. The largest absolute Gasteiger partial charge is 0.435 e. The van der Waals surface area contributed by atoms with Gasteiger partial charge in [-0.25, -0.2) is 4.98 Å². The zero-order chi connectivity index (χ0) is 14.8. The number of alkyl halides is 3. The maximum absolute atomic E-state index is 13.0. The van der Waals surface area contributed by atoms with E-state index < -0.39 is 23.5 Å². The molecule has 1 N–H and O–H groups in total. The Hall–Kier alpha value is -1.70. The average Bonchev–Trinajstić information content (AvgIpc) is 2.78. The van der Waals surface area contributed by atoms with E-state index in [-0.39, 0.29) is 5.65 Å². The van der Waals surface area contributed by atoms with Crippen LogP contribution in [0.1, 0.15) is 16.2 Å². The van der Waals surface area contributed by atoms with Crippen LogP contribution in [0.4, 0.5) is 13.2 Å². The van der Waals surface area contributed by atoms with Crippen LogP contribution in [0.25, 0.3) is 5.65 Å². The number of amides is 1. The number of rotatable bonds is 4. The number of aromatic nitrogens is 2. The van der Waals surface area contributed by atoms with Crippen LogP contribution in [0.5, 0.6) is 0 Å². The summed E-state index contributed by atoms with van der Waals surface area (Å²) in [6.07, 6.45) is -1.43. The van der Waals surface area contributed by atoms with Crippen molar-refractivity contribution in [2.75, 3.05) is 18.6 Å². The number of pyridine rings is 1. The van der Waals surface area contributed by atoms with Gasteiger partial charge in [0.05, 0.1) is 0 Å². The number of carbonyl (C=O) groups excluding carboxylic acids is 1. The summed E-state index contributed by atoms with van der Waals surface area (Å²) in [5, 5.41) is 2.47. The maximum atomic E-state index is 13.0. The van der Waals surface area contributed by atoms with Gasteiger partial charge in [-0.05, 0) is 18.4 Å². The molecular formula is C12H12F3N3OS. The highest BCUT2D eigenvalue weighted by atomic mass is 32.2. The number of nitrogens with zero attached hydrogens (tertiary/aromatic N) is 2. The molecule has 2 rings (SSSR count). The summed E-state index contributed by atoms with van der Waals surface area (Å²) in [6.45, 7) is 0.303. The molecule has 0 fully saturated rings. The number of hydrogen-bond donors (Lipinski definition) is 1. The Labute approximate surface area is 117 Å². The smallest absolute Gasteiger partial charge is 0.350 e. The van der Waals surface area contributed by atoms with E-state index in [1.807, 2.05) is 6.26 Å². The second kappa shape index (κ2) is 5.74. The van der Waals surface area contributed by atoms with Crippen LogP contribution in [0.2, 0.25) is 0 Å². The van der Waals surface area contributed by atoms with Crippen molar-refractivity contribution >= 4 is 23.3 Å². The van der Waals surface area contributed by atoms with Crippen molar-refractivity contribution in [3.8, 4) is 0 Å². The second-order valence-electron chi connectivity index (χ2n) is 3.98. The molecule has 2 heterocycles. The molecule has 1 amide bonds. The highest BCUT2D eigenvalue weighted by Gasteiger charge is 2.39. The van der Waals surface area contributed by atoms with Crippen LogP contribution < -0.4 is 5.32 Å². The molecule has 0 aliphatic rings. The lowest BCUT2D eigenvalue weighted by atomic mass is 10.3. The third kappa shape index (κ3) is 2.90. The third-order valence-electron chi connectivity index (χ3n) is 2.61. The molecule has 8 heteroatoms. The molecule has 20 heavy (non-hydrogen) atoms. The van der Waals surface area contributed by atoms with Crippen molar-refractivity contribution in [2.24, 2.45) is 0 Å². The van der Waals surface area contributed by atoms with Gasteiger partial charge in [-0.15, -0.1) is 0 Å². The van der Waals surface area contributed by atoms with E-state index in [0.29, 0.717) is 12.3 Å². The van der Waals surface area contributed by atoms with E-state index in [1.54, 1.807) is 12.1 Å². The third-order valence-corrected chi connectivity index (χ3v) is 3.22. The molecule has 0 aliphatic carbocycles. The number of hydrogen-bond acceptors (Lipinski definition) is 3. The molecule has 0 bridgehead atoms. The van der Waals surface area contributed by atoms with Gasteiger partial charge in [-0.2, -0.15) is 24.9 Å². The lowest BCUT2D eigenvalue weighted by Gasteiger charge is -2.08. The van der Waals surface area contributed by atoms with E-state index in [1.165, 1.54) is 24.0 Å². The number of thioether (sulfide) groups is 1. The van der Waals surface area contributed by atoms with Gasteiger partial charge in [-0.3, -0.25) is 9.20 Å². The second-order valence-corrected chi connectivity index (χ2v) is 4.97. The predicted molar refractivity (Wildman–Crippen MR) is 70.9 cm³/mol. The van der Waals surface area contributed by atoms with Crippen molar-refractivity contribution in [3.05, 3.63) is 35.8 Å². The molecule has 0 spiro atoms. The van der Waals surface area contributed by atoms with Crippen LogP contribution in [-0.2, 0) is 6.18 Å². The summed E-state index contributed by atoms with van der Waals surface area (Å²) in [4.78, 5) is 15.5. The molecule has 0 aliphatic heterocycles. The quantitative estimate of drug-likeness (QED) is 0.883. The Kier molecular flexibility index (Phi) is 4.22. The molecular weight excluding hydrogens is 291 g/mol. The minimum absolute atomic E-state index is 0.0924. The van der Waals surface area contributed by atoms with E-state index in [2.05, 4.69) is 10.3 Å². The highest BCUT2D eigenvalue weighted by Crippen LogP contribution is 2.31. The first-order valence-electron chi connectivity index (χ1n) is 5.76. The Balaban J connectivity index is 2.46. The normalized spacial score (nSPS) is 11.8. The van der Waals surface area contributed by atoms with E-state index in [4.69, 9.17) is 0 Å². The number of halogens is 3. The van der Waals surface area contributed by atoms with Gasteiger partial charge in [0.15, 0.2) is 5.69 Å². The lowest BCUT2D eigenvalue weighted by Crippen LogP contribution is -2.29. The molecule has 0 atom stereocenters. The van der Waals surface area contributed by atoms with Crippen LogP contribution in [0.15, 0.2) is 24.4 Å². The molecule has 4 nitrogen and oxygen atoms in total. The lowest BCUT2D eigenvalue weighted by molar-refractivity contribution is -0.141. The average molecular weight is 303 g/mol. The van der Waals surface area contributed by atoms with Crippen molar-refractivity contribution in [1.29, 1.82) is 0 Å². The Morgan fingerprint density at radius 2 is 2.20 bits per heavy atom. The fourth-order valence-corrected chi connectivity index (χ4v) is 2.07. The highest BCUT2D eigenvalue weighted by molar-refractivity contribution is 7.98.